The Morgan fingerprint density at radius 1 is 1.45 bits per heavy atom. The van der Waals surface area contributed by atoms with Gasteiger partial charge in [0, 0.05) is 19.6 Å². The Kier molecular flexibility index (Phi) is 2.87. The third-order valence-corrected chi connectivity index (χ3v) is 2.61. The molecule has 1 saturated heterocycles. The van der Waals surface area contributed by atoms with Gasteiger partial charge in [0.1, 0.15) is 0 Å². The van der Waals surface area contributed by atoms with Crippen molar-refractivity contribution in [2.75, 3.05) is 26.2 Å². The minimum Gasteiger partial charge on any atom is -0.388 e. The predicted molar refractivity (Wildman–Crippen MR) is 45.4 cm³/mol. The Morgan fingerprint density at radius 2 is 2.00 bits per heavy atom. The fraction of sp³-hybridized carbons (Fsp3) is 1.00. The number of likely N-dealkylation sites (tertiary alicyclic amines) is 1. The van der Waals surface area contributed by atoms with Gasteiger partial charge in [-0.05, 0) is 19.4 Å². The summed E-state index contributed by atoms with van der Waals surface area (Å²) in [5.74, 6) is 0. The van der Waals surface area contributed by atoms with Crippen LogP contribution < -0.4 is 5.73 Å². The average Bonchev–Trinajstić information content (AvgIpc) is 2.06. The second-order valence-electron chi connectivity index (χ2n) is 3.36. The number of nitrogens with two attached hydrogens (primary N) is 1. The Bertz CT molecular complexity index is 119. The van der Waals surface area contributed by atoms with Crippen molar-refractivity contribution < 1.29 is 5.11 Å². The van der Waals surface area contributed by atoms with Crippen molar-refractivity contribution in [3.63, 3.8) is 0 Å². The number of nitrogens with zero attached hydrogens (tertiary/aromatic N) is 1. The van der Waals surface area contributed by atoms with Crippen LogP contribution in [0, 0.1) is 0 Å². The maximum Gasteiger partial charge on any atom is 0.0793 e. The van der Waals surface area contributed by atoms with E-state index in [1.165, 1.54) is 0 Å². The highest BCUT2D eigenvalue weighted by Gasteiger charge is 2.29. The summed E-state index contributed by atoms with van der Waals surface area (Å²) in [4.78, 5) is 2.34. The molecular weight excluding hydrogens is 140 g/mol. The lowest BCUT2D eigenvalue weighted by atomic mass is 9.92. The van der Waals surface area contributed by atoms with E-state index in [1.807, 2.05) is 0 Å². The van der Waals surface area contributed by atoms with E-state index in [-0.39, 0.29) is 0 Å². The maximum atomic E-state index is 9.74. The Hall–Kier alpha value is -0.120. The van der Waals surface area contributed by atoms with Crippen LogP contribution in [-0.4, -0.2) is 41.8 Å². The molecule has 3 N–H and O–H groups in total. The molecule has 0 aromatic rings. The van der Waals surface area contributed by atoms with Crippen molar-refractivity contribution >= 4 is 0 Å². The molecule has 0 spiro atoms. The van der Waals surface area contributed by atoms with Gasteiger partial charge in [-0.25, -0.2) is 0 Å². The molecule has 3 nitrogen and oxygen atoms in total. The van der Waals surface area contributed by atoms with Crippen molar-refractivity contribution in [2.45, 2.75) is 25.4 Å². The van der Waals surface area contributed by atoms with Crippen LogP contribution in [0.4, 0.5) is 0 Å². The standard InChI is InChI=1S/C8H18N2O/c1-2-10-5-3-8(11,7-9)4-6-10/h11H,2-7,9H2,1H3. The van der Waals surface area contributed by atoms with Gasteiger partial charge in [-0.2, -0.15) is 0 Å². The van der Waals surface area contributed by atoms with Gasteiger partial charge >= 0.3 is 0 Å². The second-order valence-corrected chi connectivity index (χ2v) is 3.36. The number of hydrogen-bond donors (Lipinski definition) is 2. The molecule has 0 bridgehead atoms. The molecule has 0 atom stereocenters. The highest BCUT2D eigenvalue weighted by molar-refractivity contribution is 4.85. The average molecular weight is 158 g/mol. The van der Waals surface area contributed by atoms with E-state index in [2.05, 4.69) is 11.8 Å². The summed E-state index contributed by atoms with van der Waals surface area (Å²) < 4.78 is 0. The number of rotatable bonds is 2. The first-order valence-electron chi connectivity index (χ1n) is 4.35. The molecule has 1 heterocycles. The molecule has 1 rings (SSSR count). The normalized spacial score (nSPS) is 25.4. The molecule has 0 radical (unpaired) electrons. The van der Waals surface area contributed by atoms with E-state index in [0.29, 0.717) is 6.54 Å². The number of piperidine rings is 1. The van der Waals surface area contributed by atoms with Gasteiger partial charge in [0.25, 0.3) is 0 Å². The van der Waals surface area contributed by atoms with E-state index in [9.17, 15) is 5.11 Å². The highest BCUT2D eigenvalue weighted by Crippen LogP contribution is 2.20. The van der Waals surface area contributed by atoms with Crippen molar-refractivity contribution in [1.29, 1.82) is 0 Å². The minimum atomic E-state index is -0.564. The van der Waals surface area contributed by atoms with Crippen LogP contribution in [0.3, 0.4) is 0 Å². The summed E-state index contributed by atoms with van der Waals surface area (Å²) in [6.45, 7) is 5.62. The quantitative estimate of drug-likeness (QED) is 0.585. The van der Waals surface area contributed by atoms with Crippen LogP contribution in [0.25, 0.3) is 0 Å². The molecule has 0 unspecified atom stereocenters. The largest absolute Gasteiger partial charge is 0.388 e. The maximum absolute atomic E-state index is 9.74. The molecular formula is C8H18N2O. The lowest BCUT2D eigenvalue weighted by Crippen LogP contribution is -2.48. The van der Waals surface area contributed by atoms with E-state index in [0.717, 1.165) is 32.5 Å². The Morgan fingerprint density at radius 3 is 2.36 bits per heavy atom. The molecule has 1 aliphatic rings. The smallest absolute Gasteiger partial charge is 0.0793 e. The minimum absolute atomic E-state index is 0.407. The first kappa shape index (κ1) is 8.97. The van der Waals surface area contributed by atoms with Crippen molar-refractivity contribution in [3.05, 3.63) is 0 Å². The monoisotopic (exact) mass is 158 g/mol. The van der Waals surface area contributed by atoms with Gasteiger partial charge in [-0.15, -0.1) is 0 Å². The molecule has 1 aliphatic heterocycles. The van der Waals surface area contributed by atoms with Crippen LogP contribution in [0.5, 0.6) is 0 Å². The molecule has 0 aliphatic carbocycles. The van der Waals surface area contributed by atoms with E-state index in [4.69, 9.17) is 5.73 Å². The van der Waals surface area contributed by atoms with Gasteiger partial charge < -0.3 is 15.7 Å². The molecule has 1 fully saturated rings. The molecule has 0 aromatic heterocycles. The molecule has 0 aromatic carbocycles. The summed E-state index contributed by atoms with van der Waals surface area (Å²) in [5, 5.41) is 9.74. The fourth-order valence-electron chi connectivity index (χ4n) is 1.49. The van der Waals surface area contributed by atoms with E-state index >= 15 is 0 Å². The molecule has 3 heteroatoms. The molecule has 0 saturated carbocycles. The van der Waals surface area contributed by atoms with Crippen molar-refractivity contribution in [3.8, 4) is 0 Å². The SMILES string of the molecule is CCN1CCC(O)(CN)CC1. The summed E-state index contributed by atoms with van der Waals surface area (Å²) in [5.41, 5.74) is 4.89. The Balaban J connectivity index is 2.35. The third-order valence-electron chi connectivity index (χ3n) is 2.61. The van der Waals surface area contributed by atoms with Crippen LogP contribution in [0.1, 0.15) is 19.8 Å². The first-order chi connectivity index (χ1) is 5.20. The molecule has 11 heavy (non-hydrogen) atoms. The predicted octanol–water partition coefficient (Wildman–Crippen LogP) is -0.208. The topological polar surface area (TPSA) is 49.5 Å². The fourth-order valence-corrected chi connectivity index (χ4v) is 1.49. The molecule has 0 amide bonds. The van der Waals surface area contributed by atoms with E-state index < -0.39 is 5.60 Å². The van der Waals surface area contributed by atoms with Crippen LogP contribution in [-0.2, 0) is 0 Å². The van der Waals surface area contributed by atoms with Crippen molar-refractivity contribution in [2.24, 2.45) is 5.73 Å². The Labute approximate surface area is 68.2 Å². The van der Waals surface area contributed by atoms with Crippen molar-refractivity contribution in [1.82, 2.24) is 4.90 Å². The highest BCUT2D eigenvalue weighted by atomic mass is 16.3. The third kappa shape index (κ3) is 2.15. The van der Waals surface area contributed by atoms with Gasteiger partial charge in [0.05, 0.1) is 5.60 Å². The zero-order valence-corrected chi connectivity index (χ0v) is 7.21. The van der Waals surface area contributed by atoms with Gasteiger partial charge in [0.2, 0.25) is 0 Å². The first-order valence-corrected chi connectivity index (χ1v) is 4.35. The van der Waals surface area contributed by atoms with Gasteiger partial charge in [-0.3, -0.25) is 0 Å². The second kappa shape index (κ2) is 3.52. The summed E-state index contributed by atoms with van der Waals surface area (Å²) in [6, 6.07) is 0. The summed E-state index contributed by atoms with van der Waals surface area (Å²) >= 11 is 0. The summed E-state index contributed by atoms with van der Waals surface area (Å²) in [6.07, 6.45) is 1.66. The molecule has 66 valence electrons. The van der Waals surface area contributed by atoms with Gasteiger partial charge in [-0.1, -0.05) is 6.92 Å². The summed E-state index contributed by atoms with van der Waals surface area (Å²) in [7, 11) is 0. The lowest BCUT2D eigenvalue weighted by Gasteiger charge is -2.36. The number of hydrogen-bond acceptors (Lipinski definition) is 3. The zero-order chi connectivity index (χ0) is 8.32. The van der Waals surface area contributed by atoms with Crippen LogP contribution >= 0.6 is 0 Å². The van der Waals surface area contributed by atoms with Crippen LogP contribution in [0.15, 0.2) is 0 Å². The number of aliphatic hydroxyl groups is 1. The zero-order valence-electron chi connectivity index (χ0n) is 7.21. The van der Waals surface area contributed by atoms with Crippen LogP contribution in [0.2, 0.25) is 0 Å². The van der Waals surface area contributed by atoms with E-state index in [1.54, 1.807) is 0 Å². The lowest BCUT2D eigenvalue weighted by molar-refractivity contribution is -0.0121. The van der Waals surface area contributed by atoms with Gasteiger partial charge in [0.15, 0.2) is 0 Å².